The van der Waals surface area contributed by atoms with Gasteiger partial charge in [-0.25, -0.2) is 10.1 Å². The molecule has 1 atom stereocenters. The van der Waals surface area contributed by atoms with Crippen LogP contribution in [0.1, 0.15) is 17.3 Å². The highest BCUT2D eigenvalue weighted by atomic mass is 79.9. The van der Waals surface area contributed by atoms with Gasteiger partial charge in [-0.15, -0.1) is 5.10 Å². The predicted molar refractivity (Wildman–Crippen MR) is 79.7 cm³/mol. The van der Waals surface area contributed by atoms with E-state index in [-0.39, 0.29) is 6.04 Å². The first-order valence-corrected chi connectivity index (χ1v) is 7.38. The summed E-state index contributed by atoms with van der Waals surface area (Å²) in [5.74, 6) is 5.68. The molecule has 0 radical (unpaired) electrons. The molecule has 0 aliphatic heterocycles. The zero-order chi connectivity index (χ0) is 13.3. The number of nitrogens with zero attached hydrogens (tertiary/aromatic N) is 3. The SMILES string of the molecule is Cn1nnc(Br)c1C(NN)c1cc(Br)ccc1Br. The van der Waals surface area contributed by atoms with Crippen LogP contribution in [0, 0.1) is 0 Å². The summed E-state index contributed by atoms with van der Waals surface area (Å²) in [5.41, 5.74) is 4.64. The van der Waals surface area contributed by atoms with Crippen LogP contribution in [0.4, 0.5) is 0 Å². The van der Waals surface area contributed by atoms with Crippen molar-refractivity contribution in [3.8, 4) is 0 Å². The van der Waals surface area contributed by atoms with Crippen molar-refractivity contribution in [1.29, 1.82) is 0 Å². The van der Waals surface area contributed by atoms with Gasteiger partial charge in [-0.3, -0.25) is 5.84 Å². The summed E-state index contributed by atoms with van der Waals surface area (Å²) in [5, 5.41) is 7.93. The van der Waals surface area contributed by atoms with E-state index in [1.165, 1.54) is 0 Å². The van der Waals surface area contributed by atoms with E-state index < -0.39 is 0 Å². The Morgan fingerprint density at radius 1 is 1.33 bits per heavy atom. The number of benzene rings is 1. The normalized spacial score (nSPS) is 12.7. The quantitative estimate of drug-likeness (QED) is 0.570. The van der Waals surface area contributed by atoms with Gasteiger partial charge in [0.1, 0.15) is 0 Å². The van der Waals surface area contributed by atoms with Crippen molar-refractivity contribution in [1.82, 2.24) is 20.4 Å². The molecule has 5 nitrogen and oxygen atoms in total. The maximum absolute atomic E-state index is 5.68. The van der Waals surface area contributed by atoms with E-state index in [0.29, 0.717) is 4.60 Å². The Morgan fingerprint density at radius 3 is 2.61 bits per heavy atom. The lowest BCUT2D eigenvalue weighted by molar-refractivity contribution is 0.567. The van der Waals surface area contributed by atoms with Gasteiger partial charge in [0.15, 0.2) is 4.60 Å². The van der Waals surface area contributed by atoms with E-state index in [2.05, 4.69) is 63.5 Å². The van der Waals surface area contributed by atoms with Crippen molar-refractivity contribution in [2.75, 3.05) is 0 Å². The molecule has 0 amide bonds. The van der Waals surface area contributed by atoms with Crippen molar-refractivity contribution in [3.05, 3.63) is 43.0 Å². The molecule has 3 N–H and O–H groups in total. The highest BCUT2D eigenvalue weighted by molar-refractivity contribution is 9.11. The lowest BCUT2D eigenvalue weighted by Crippen LogP contribution is -2.31. The van der Waals surface area contributed by atoms with E-state index in [1.807, 2.05) is 25.2 Å². The molecular formula is C10H10Br3N5. The summed E-state index contributed by atoms with van der Waals surface area (Å²) in [6.45, 7) is 0. The standard InChI is InChI=1S/C10H10Br3N5/c1-18-9(10(13)16-17-18)8(15-14)6-4-5(11)2-3-7(6)12/h2-4,8,15H,14H2,1H3. The number of nitrogens with one attached hydrogen (secondary N) is 1. The van der Waals surface area contributed by atoms with E-state index in [1.54, 1.807) is 4.68 Å². The summed E-state index contributed by atoms with van der Waals surface area (Å²) in [6.07, 6.45) is 0. The zero-order valence-corrected chi connectivity index (χ0v) is 14.1. The van der Waals surface area contributed by atoms with E-state index in [9.17, 15) is 0 Å². The lowest BCUT2D eigenvalue weighted by Gasteiger charge is -2.18. The van der Waals surface area contributed by atoms with Gasteiger partial charge in [0.05, 0.1) is 11.7 Å². The topological polar surface area (TPSA) is 68.8 Å². The lowest BCUT2D eigenvalue weighted by atomic mass is 10.1. The third-order valence-electron chi connectivity index (χ3n) is 2.54. The number of rotatable bonds is 3. The van der Waals surface area contributed by atoms with E-state index in [4.69, 9.17) is 5.84 Å². The highest BCUT2D eigenvalue weighted by Crippen LogP contribution is 2.32. The molecule has 0 fully saturated rings. The first-order chi connectivity index (χ1) is 8.54. The second-order valence-corrected chi connectivity index (χ2v) is 6.18. The molecule has 0 spiro atoms. The number of halogens is 3. The monoisotopic (exact) mass is 437 g/mol. The molecule has 96 valence electrons. The van der Waals surface area contributed by atoms with Crippen molar-refractivity contribution >= 4 is 47.8 Å². The van der Waals surface area contributed by atoms with Crippen molar-refractivity contribution in [2.45, 2.75) is 6.04 Å². The van der Waals surface area contributed by atoms with Gasteiger partial charge < -0.3 is 0 Å². The molecule has 0 aliphatic rings. The Hall–Kier alpha value is -0.280. The fraction of sp³-hybridized carbons (Fsp3) is 0.200. The minimum atomic E-state index is -0.216. The van der Waals surface area contributed by atoms with Gasteiger partial charge in [0.25, 0.3) is 0 Å². The minimum Gasteiger partial charge on any atom is -0.271 e. The predicted octanol–water partition coefficient (Wildman–Crippen LogP) is 2.66. The Kier molecular flexibility index (Phi) is 4.54. The molecule has 1 aromatic heterocycles. The summed E-state index contributed by atoms with van der Waals surface area (Å²) < 4.78 is 4.29. The molecular weight excluding hydrogens is 430 g/mol. The van der Waals surface area contributed by atoms with Gasteiger partial charge >= 0.3 is 0 Å². The molecule has 2 rings (SSSR count). The fourth-order valence-corrected chi connectivity index (χ4v) is 3.11. The van der Waals surface area contributed by atoms with Gasteiger partial charge in [-0.2, -0.15) is 0 Å². The minimum absolute atomic E-state index is 0.216. The summed E-state index contributed by atoms with van der Waals surface area (Å²) in [6, 6.07) is 5.69. The van der Waals surface area contributed by atoms with Crippen LogP contribution >= 0.6 is 47.8 Å². The number of hydrogen-bond acceptors (Lipinski definition) is 4. The number of hydrogen-bond donors (Lipinski definition) is 2. The maximum atomic E-state index is 5.68. The molecule has 8 heteroatoms. The van der Waals surface area contributed by atoms with Crippen LogP contribution in [0.15, 0.2) is 31.7 Å². The van der Waals surface area contributed by atoms with Crippen LogP contribution < -0.4 is 11.3 Å². The average Bonchev–Trinajstić information content (AvgIpc) is 2.66. The zero-order valence-electron chi connectivity index (χ0n) is 9.36. The second-order valence-electron chi connectivity index (χ2n) is 3.65. The van der Waals surface area contributed by atoms with Crippen molar-refractivity contribution in [2.24, 2.45) is 12.9 Å². The van der Waals surface area contributed by atoms with Crippen LogP contribution in [0.3, 0.4) is 0 Å². The van der Waals surface area contributed by atoms with Gasteiger partial charge in [-0.05, 0) is 39.7 Å². The molecule has 2 aromatic rings. The first-order valence-electron chi connectivity index (χ1n) is 5.00. The Labute approximate surface area is 129 Å². The molecule has 0 aliphatic carbocycles. The van der Waals surface area contributed by atoms with Gasteiger partial charge in [0, 0.05) is 16.0 Å². The van der Waals surface area contributed by atoms with Crippen molar-refractivity contribution < 1.29 is 0 Å². The van der Waals surface area contributed by atoms with Crippen LogP contribution in [0.5, 0.6) is 0 Å². The number of nitrogens with two attached hydrogens (primary N) is 1. The Morgan fingerprint density at radius 2 is 2.06 bits per heavy atom. The number of aromatic nitrogens is 3. The third-order valence-corrected chi connectivity index (χ3v) is 4.32. The molecule has 1 unspecified atom stereocenters. The van der Waals surface area contributed by atoms with Crippen LogP contribution in [-0.4, -0.2) is 15.0 Å². The van der Waals surface area contributed by atoms with Crippen LogP contribution in [-0.2, 0) is 7.05 Å². The first kappa shape index (κ1) is 14.1. The van der Waals surface area contributed by atoms with E-state index in [0.717, 1.165) is 20.2 Å². The number of aryl methyl sites for hydroxylation is 1. The molecule has 0 saturated carbocycles. The maximum Gasteiger partial charge on any atom is 0.153 e. The summed E-state index contributed by atoms with van der Waals surface area (Å²) >= 11 is 10.4. The number of hydrazine groups is 1. The Bertz CT molecular complexity index is 549. The highest BCUT2D eigenvalue weighted by Gasteiger charge is 2.22. The van der Waals surface area contributed by atoms with Crippen molar-refractivity contribution in [3.63, 3.8) is 0 Å². The molecule has 1 aromatic carbocycles. The molecule has 1 heterocycles. The van der Waals surface area contributed by atoms with Crippen LogP contribution in [0.2, 0.25) is 0 Å². The van der Waals surface area contributed by atoms with Crippen LogP contribution in [0.25, 0.3) is 0 Å². The largest absolute Gasteiger partial charge is 0.271 e. The smallest absolute Gasteiger partial charge is 0.153 e. The summed E-state index contributed by atoms with van der Waals surface area (Å²) in [4.78, 5) is 0. The van der Waals surface area contributed by atoms with Gasteiger partial charge in [0.2, 0.25) is 0 Å². The fourth-order valence-electron chi connectivity index (χ4n) is 1.70. The van der Waals surface area contributed by atoms with E-state index >= 15 is 0 Å². The third kappa shape index (κ3) is 2.67. The molecule has 0 saturated heterocycles. The summed E-state index contributed by atoms with van der Waals surface area (Å²) in [7, 11) is 1.82. The van der Waals surface area contributed by atoms with Gasteiger partial charge in [-0.1, -0.05) is 37.1 Å². The average molecular weight is 440 g/mol. The molecule has 18 heavy (non-hydrogen) atoms. The second kappa shape index (κ2) is 5.79. The molecule has 0 bridgehead atoms. The Balaban J connectivity index is 2.55.